The number of amides is 1. The molecule has 1 aromatic carbocycles. The highest BCUT2D eigenvalue weighted by atomic mass is 35.5. The summed E-state index contributed by atoms with van der Waals surface area (Å²) in [6, 6.07) is 9.91. The minimum Gasteiger partial charge on any atom is -0.484 e. The lowest BCUT2D eigenvalue weighted by Crippen LogP contribution is -2.58. The second-order valence-corrected chi connectivity index (χ2v) is 11.1. The number of rotatable bonds is 4. The van der Waals surface area contributed by atoms with Crippen LogP contribution < -0.4 is 15.2 Å². The Hall–Kier alpha value is -4.24. The summed E-state index contributed by atoms with van der Waals surface area (Å²) < 4.78 is 23.6. The largest absolute Gasteiger partial charge is 0.484 e. The van der Waals surface area contributed by atoms with Crippen LogP contribution in [0.2, 0.25) is 5.02 Å². The van der Waals surface area contributed by atoms with Gasteiger partial charge < -0.3 is 14.5 Å². The number of benzene rings is 1. The fraction of sp³-hybridized carbons (Fsp3) is 0.290. The first-order chi connectivity index (χ1) is 19.7. The quantitative estimate of drug-likeness (QED) is 0.310. The van der Waals surface area contributed by atoms with Gasteiger partial charge in [-0.15, -0.1) is 0 Å². The molecular weight excluding hydrogens is 545 g/mol. The molecule has 0 bridgehead atoms. The summed E-state index contributed by atoms with van der Waals surface area (Å²) in [6.45, 7) is 11.0. The molecule has 41 heavy (non-hydrogen) atoms. The maximum Gasteiger partial charge on any atom is 0.301 e. The number of nitrogens with zero attached hydrogens (tertiary/aromatic N) is 5. The van der Waals surface area contributed by atoms with Gasteiger partial charge in [0.2, 0.25) is 11.7 Å². The highest BCUT2D eigenvalue weighted by molar-refractivity contribution is 6.33. The second-order valence-electron chi connectivity index (χ2n) is 10.7. The summed E-state index contributed by atoms with van der Waals surface area (Å²) in [7, 11) is 0. The van der Waals surface area contributed by atoms with E-state index in [4.69, 9.17) is 21.3 Å². The molecule has 2 aliphatic rings. The van der Waals surface area contributed by atoms with Gasteiger partial charge in [-0.1, -0.05) is 50.2 Å². The SMILES string of the molecule is C=CC(=O)N1CCN2c3c(c(=O)n(-c4c(C)ccnc4C(C)C)c4nc(-c5ccccc5Cl)c(F)cc34)OC[C@H]2C1. The van der Waals surface area contributed by atoms with Crippen molar-refractivity contribution in [2.75, 3.05) is 31.1 Å². The average Bonchev–Trinajstić information content (AvgIpc) is 2.97. The molecule has 1 atom stereocenters. The van der Waals surface area contributed by atoms with Gasteiger partial charge in [0.1, 0.15) is 18.1 Å². The van der Waals surface area contributed by atoms with E-state index < -0.39 is 11.4 Å². The highest BCUT2D eigenvalue weighted by Crippen LogP contribution is 2.42. The van der Waals surface area contributed by atoms with E-state index in [1.54, 1.807) is 35.4 Å². The van der Waals surface area contributed by atoms with Crippen molar-refractivity contribution in [2.24, 2.45) is 0 Å². The van der Waals surface area contributed by atoms with E-state index in [-0.39, 0.29) is 41.6 Å². The van der Waals surface area contributed by atoms with Crippen LogP contribution in [0.1, 0.15) is 31.0 Å². The van der Waals surface area contributed by atoms with Crippen molar-refractivity contribution >= 4 is 34.2 Å². The molecule has 0 spiro atoms. The topological polar surface area (TPSA) is 80.6 Å². The highest BCUT2D eigenvalue weighted by Gasteiger charge is 2.38. The van der Waals surface area contributed by atoms with E-state index in [0.29, 0.717) is 52.7 Å². The van der Waals surface area contributed by atoms with Crippen molar-refractivity contribution in [1.82, 2.24) is 19.4 Å². The molecule has 6 rings (SSSR count). The summed E-state index contributed by atoms with van der Waals surface area (Å²) in [5.41, 5.74) is 2.94. The Bertz CT molecular complexity index is 1790. The number of aryl methyl sites for hydroxylation is 1. The van der Waals surface area contributed by atoms with Gasteiger partial charge in [-0.3, -0.25) is 19.1 Å². The van der Waals surface area contributed by atoms with Crippen molar-refractivity contribution in [2.45, 2.75) is 32.7 Å². The normalized spacial score (nSPS) is 16.4. The number of halogens is 2. The van der Waals surface area contributed by atoms with Gasteiger partial charge in [0, 0.05) is 36.8 Å². The Morgan fingerprint density at radius 1 is 1.22 bits per heavy atom. The van der Waals surface area contributed by atoms with E-state index in [9.17, 15) is 9.59 Å². The molecule has 1 amide bonds. The van der Waals surface area contributed by atoms with Crippen LogP contribution in [0.25, 0.3) is 28.0 Å². The minimum absolute atomic E-state index is 0.00728. The van der Waals surface area contributed by atoms with Crippen LogP contribution in [0.3, 0.4) is 0 Å². The van der Waals surface area contributed by atoms with E-state index >= 15 is 4.39 Å². The van der Waals surface area contributed by atoms with E-state index in [1.165, 1.54) is 16.7 Å². The summed E-state index contributed by atoms with van der Waals surface area (Å²) in [5, 5.41) is 0.774. The lowest BCUT2D eigenvalue weighted by molar-refractivity contribution is -0.127. The molecule has 1 saturated heterocycles. The predicted octanol–water partition coefficient (Wildman–Crippen LogP) is 5.27. The Kier molecular flexibility index (Phi) is 6.77. The van der Waals surface area contributed by atoms with Gasteiger partial charge in [-0.2, -0.15) is 0 Å². The van der Waals surface area contributed by atoms with Gasteiger partial charge in [0.15, 0.2) is 5.65 Å². The number of piperazine rings is 1. The first-order valence-corrected chi connectivity index (χ1v) is 13.9. The predicted molar refractivity (Wildman–Crippen MR) is 158 cm³/mol. The van der Waals surface area contributed by atoms with Crippen LogP contribution in [0.15, 0.2) is 60.0 Å². The molecule has 0 aliphatic carbocycles. The smallest absolute Gasteiger partial charge is 0.301 e. The maximum atomic E-state index is 16.0. The number of hydrogen-bond donors (Lipinski definition) is 0. The second kappa shape index (κ2) is 10.3. The first kappa shape index (κ1) is 27.0. The van der Waals surface area contributed by atoms with Crippen LogP contribution in [0, 0.1) is 12.7 Å². The van der Waals surface area contributed by atoms with Gasteiger partial charge in [0.05, 0.1) is 28.1 Å². The fourth-order valence-corrected chi connectivity index (χ4v) is 6.02. The number of anilines is 1. The average molecular weight is 574 g/mol. The lowest BCUT2D eigenvalue weighted by atomic mass is 10.0. The molecule has 3 aromatic heterocycles. The molecule has 1 fully saturated rings. The Balaban J connectivity index is 1.68. The van der Waals surface area contributed by atoms with E-state index in [2.05, 4.69) is 11.6 Å². The third-order valence-corrected chi connectivity index (χ3v) is 8.09. The monoisotopic (exact) mass is 573 g/mol. The minimum atomic E-state index is -0.576. The van der Waals surface area contributed by atoms with Crippen LogP contribution in [-0.2, 0) is 4.79 Å². The third-order valence-electron chi connectivity index (χ3n) is 7.77. The molecule has 0 unspecified atom stereocenters. The fourth-order valence-electron chi connectivity index (χ4n) is 5.80. The summed E-state index contributed by atoms with van der Waals surface area (Å²) in [5.74, 6) is -0.622. The number of aromatic nitrogens is 3. The number of pyridine rings is 3. The van der Waals surface area contributed by atoms with E-state index in [1.807, 2.05) is 31.7 Å². The molecule has 2 aliphatic heterocycles. The molecule has 5 heterocycles. The maximum absolute atomic E-state index is 16.0. The molecule has 0 saturated carbocycles. The van der Waals surface area contributed by atoms with Crippen LogP contribution in [-0.4, -0.2) is 57.6 Å². The molecule has 0 N–H and O–H groups in total. The van der Waals surface area contributed by atoms with Crippen molar-refractivity contribution in [3.8, 4) is 22.7 Å². The summed E-state index contributed by atoms with van der Waals surface area (Å²) in [6.07, 6.45) is 3.01. The Morgan fingerprint density at radius 2 is 2.00 bits per heavy atom. The number of carbonyl (C=O) groups is 1. The summed E-state index contributed by atoms with van der Waals surface area (Å²) in [4.78, 5) is 39.9. The zero-order valence-corrected chi connectivity index (χ0v) is 23.8. The van der Waals surface area contributed by atoms with Crippen LogP contribution in [0.5, 0.6) is 5.75 Å². The lowest BCUT2D eigenvalue weighted by Gasteiger charge is -2.45. The number of ether oxygens (including phenoxy) is 1. The number of hydrogen-bond acceptors (Lipinski definition) is 6. The number of carbonyl (C=O) groups excluding carboxylic acids is 1. The van der Waals surface area contributed by atoms with Gasteiger partial charge in [0.25, 0.3) is 0 Å². The molecule has 10 heteroatoms. The number of fused-ring (bicyclic) bond motifs is 5. The van der Waals surface area contributed by atoms with Gasteiger partial charge in [-0.25, -0.2) is 9.37 Å². The molecular formula is C31H29ClFN5O3. The van der Waals surface area contributed by atoms with Gasteiger partial charge in [-0.05, 0) is 42.7 Å². The van der Waals surface area contributed by atoms with Crippen LogP contribution >= 0.6 is 11.6 Å². The van der Waals surface area contributed by atoms with Crippen molar-refractivity contribution in [3.63, 3.8) is 0 Å². The molecule has 0 radical (unpaired) electrons. The zero-order valence-electron chi connectivity index (χ0n) is 23.0. The van der Waals surface area contributed by atoms with Crippen molar-refractivity contribution in [1.29, 1.82) is 0 Å². The van der Waals surface area contributed by atoms with E-state index in [0.717, 1.165) is 5.56 Å². The summed E-state index contributed by atoms with van der Waals surface area (Å²) >= 11 is 6.47. The third kappa shape index (κ3) is 4.35. The van der Waals surface area contributed by atoms with Gasteiger partial charge >= 0.3 is 5.56 Å². The first-order valence-electron chi connectivity index (χ1n) is 13.5. The van der Waals surface area contributed by atoms with Crippen molar-refractivity contribution < 1.29 is 13.9 Å². The molecule has 210 valence electrons. The molecule has 4 aromatic rings. The molecule has 8 nitrogen and oxygen atoms in total. The van der Waals surface area contributed by atoms with Crippen molar-refractivity contribution in [3.05, 3.63) is 87.7 Å². The Labute approximate surface area is 241 Å². The zero-order chi connectivity index (χ0) is 29.0. The van der Waals surface area contributed by atoms with Crippen LogP contribution in [0.4, 0.5) is 10.1 Å². The standard InChI is InChI=1S/C31H29ClFN5O3/c1-5-24(39)36-12-13-37-19(15-36)16-41-29-28(37)21-14-23(33)26(20-8-6-7-9-22(20)32)35-30(21)38(31(29)40)27-18(4)10-11-34-25(27)17(2)3/h5-11,14,17,19H,1,12-13,15-16H2,2-4H3/t19-/m1/s1. The Morgan fingerprint density at radius 3 is 2.73 bits per heavy atom.